The zero-order chi connectivity index (χ0) is 15.3. The summed E-state index contributed by atoms with van der Waals surface area (Å²) in [6.07, 6.45) is 19.5. The van der Waals surface area contributed by atoms with Crippen LogP contribution >= 0.6 is 0 Å². The van der Waals surface area contributed by atoms with Gasteiger partial charge in [-0.3, -0.25) is 0 Å². The first-order chi connectivity index (χ1) is 9.48. The Kier molecular flexibility index (Phi) is 12.3. The van der Waals surface area contributed by atoms with Crippen LogP contribution in [-0.4, -0.2) is 0 Å². The van der Waals surface area contributed by atoms with Crippen LogP contribution in [0.25, 0.3) is 0 Å². The fourth-order valence-corrected chi connectivity index (χ4v) is 2.43. The summed E-state index contributed by atoms with van der Waals surface area (Å²) in [7, 11) is 0. The molecule has 0 saturated carbocycles. The smallest absolute Gasteiger partial charge is 0.0176 e. The van der Waals surface area contributed by atoms with Crippen LogP contribution in [0.1, 0.15) is 112 Å². The molecule has 0 aromatic carbocycles. The highest BCUT2D eigenvalue weighted by Gasteiger charge is 2.11. The molecule has 0 fully saturated rings. The molecule has 0 aromatic rings. The van der Waals surface area contributed by atoms with Gasteiger partial charge in [0.15, 0.2) is 0 Å². The van der Waals surface area contributed by atoms with Gasteiger partial charge in [0.2, 0.25) is 0 Å². The molecule has 20 heavy (non-hydrogen) atoms. The molecule has 0 N–H and O–H groups in total. The predicted octanol–water partition coefficient (Wildman–Crippen LogP) is 7.68. The minimum Gasteiger partial charge on any atom is -0.0851 e. The van der Waals surface area contributed by atoms with Crippen molar-refractivity contribution in [2.75, 3.05) is 0 Å². The largest absolute Gasteiger partial charge is 0.0851 e. The van der Waals surface area contributed by atoms with Crippen molar-refractivity contribution >= 4 is 0 Å². The van der Waals surface area contributed by atoms with E-state index in [0.29, 0.717) is 5.41 Å². The first-order valence-corrected chi connectivity index (χ1v) is 9.15. The summed E-state index contributed by atoms with van der Waals surface area (Å²) in [5, 5.41) is 0. The van der Waals surface area contributed by atoms with Gasteiger partial charge >= 0.3 is 0 Å². The number of hydrogen-bond acceptors (Lipinski definition) is 0. The normalized spacial score (nSPS) is 12.9. The van der Waals surface area contributed by atoms with Crippen molar-refractivity contribution in [2.24, 2.45) is 5.41 Å². The molecule has 0 unspecified atom stereocenters. The third-order valence-electron chi connectivity index (χ3n) is 4.44. The van der Waals surface area contributed by atoms with E-state index in [0.717, 1.165) is 0 Å². The molecule has 0 radical (unpaired) electrons. The molecule has 0 saturated heterocycles. The molecule has 0 heterocycles. The SMILES string of the molecule is CCCCCCCCCCCCCC=C(C)C(C)(C)C. The Balaban J connectivity index is 3.25. The van der Waals surface area contributed by atoms with Crippen LogP contribution in [0, 0.1) is 5.41 Å². The maximum Gasteiger partial charge on any atom is -0.0176 e. The summed E-state index contributed by atoms with van der Waals surface area (Å²) < 4.78 is 0. The maximum absolute atomic E-state index is 2.45. The van der Waals surface area contributed by atoms with Crippen LogP contribution in [-0.2, 0) is 0 Å². The van der Waals surface area contributed by atoms with Gasteiger partial charge in [-0.15, -0.1) is 0 Å². The summed E-state index contributed by atoms with van der Waals surface area (Å²) in [5.74, 6) is 0. The van der Waals surface area contributed by atoms with Crippen LogP contribution in [0.2, 0.25) is 0 Å². The van der Waals surface area contributed by atoms with Crippen molar-refractivity contribution in [2.45, 2.75) is 112 Å². The Morgan fingerprint density at radius 1 is 0.700 bits per heavy atom. The Bertz CT molecular complexity index is 229. The van der Waals surface area contributed by atoms with Crippen LogP contribution in [0.5, 0.6) is 0 Å². The quantitative estimate of drug-likeness (QED) is 0.254. The topological polar surface area (TPSA) is 0 Å². The minimum absolute atomic E-state index is 0.359. The Morgan fingerprint density at radius 3 is 1.50 bits per heavy atom. The summed E-state index contributed by atoms with van der Waals surface area (Å²) in [5.41, 5.74) is 1.90. The lowest BCUT2D eigenvalue weighted by Gasteiger charge is -2.19. The molecular weight excluding hydrogens is 240 g/mol. The van der Waals surface area contributed by atoms with Crippen molar-refractivity contribution in [3.8, 4) is 0 Å². The third-order valence-corrected chi connectivity index (χ3v) is 4.44. The number of rotatable bonds is 12. The van der Waals surface area contributed by atoms with E-state index in [4.69, 9.17) is 0 Å². The fourth-order valence-electron chi connectivity index (χ4n) is 2.43. The molecule has 0 amide bonds. The maximum atomic E-state index is 2.45. The molecule has 120 valence electrons. The zero-order valence-corrected chi connectivity index (χ0v) is 15.1. The van der Waals surface area contributed by atoms with Gasteiger partial charge in [0, 0.05) is 0 Å². The predicted molar refractivity (Wildman–Crippen MR) is 94.3 cm³/mol. The number of unbranched alkanes of at least 4 members (excludes halogenated alkanes) is 11. The Hall–Kier alpha value is -0.260. The second-order valence-corrected chi connectivity index (χ2v) is 7.46. The summed E-state index contributed by atoms with van der Waals surface area (Å²) in [6, 6.07) is 0. The number of hydrogen-bond donors (Lipinski definition) is 0. The minimum atomic E-state index is 0.359. The molecule has 0 nitrogen and oxygen atoms in total. The van der Waals surface area contributed by atoms with Crippen molar-refractivity contribution in [3.63, 3.8) is 0 Å². The summed E-state index contributed by atoms with van der Waals surface area (Å²) >= 11 is 0. The molecule has 0 bridgehead atoms. The third kappa shape index (κ3) is 12.8. The highest BCUT2D eigenvalue weighted by Crippen LogP contribution is 2.25. The highest BCUT2D eigenvalue weighted by atomic mass is 14.2. The molecule has 0 spiro atoms. The van der Waals surface area contributed by atoms with Crippen LogP contribution < -0.4 is 0 Å². The van der Waals surface area contributed by atoms with Crippen LogP contribution in [0.4, 0.5) is 0 Å². The lowest BCUT2D eigenvalue weighted by molar-refractivity contribution is 0.499. The van der Waals surface area contributed by atoms with Crippen LogP contribution in [0.3, 0.4) is 0 Å². The monoisotopic (exact) mass is 280 g/mol. The first-order valence-electron chi connectivity index (χ1n) is 9.15. The molecule has 0 aliphatic carbocycles. The van der Waals surface area contributed by atoms with E-state index in [9.17, 15) is 0 Å². The average molecular weight is 281 g/mol. The van der Waals surface area contributed by atoms with Crippen molar-refractivity contribution in [3.05, 3.63) is 11.6 Å². The van der Waals surface area contributed by atoms with E-state index in [1.165, 1.54) is 77.0 Å². The van der Waals surface area contributed by atoms with E-state index in [1.807, 2.05) is 0 Å². The van der Waals surface area contributed by atoms with Crippen LogP contribution in [0.15, 0.2) is 11.6 Å². The average Bonchev–Trinajstić information content (AvgIpc) is 2.38. The van der Waals surface area contributed by atoms with Gasteiger partial charge in [-0.25, -0.2) is 0 Å². The van der Waals surface area contributed by atoms with Gasteiger partial charge in [-0.05, 0) is 25.2 Å². The van der Waals surface area contributed by atoms with E-state index in [-0.39, 0.29) is 0 Å². The molecule has 0 aliphatic rings. The van der Waals surface area contributed by atoms with Gasteiger partial charge in [0.1, 0.15) is 0 Å². The van der Waals surface area contributed by atoms with Gasteiger partial charge in [-0.1, -0.05) is 104 Å². The van der Waals surface area contributed by atoms with Gasteiger partial charge < -0.3 is 0 Å². The van der Waals surface area contributed by atoms with Gasteiger partial charge in [0.05, 0.1) is 0 Å². The first kappa shape index (κ1) is 19.7. The zero-order valence-electron chi connectivity index (χ0n) is 15.1. The van der Waals surface area contributed by atoms with E-state index >= 15 is 0 Å². The van der Waals surface area contributed by atoms with Crippen molar-refractivity contribution < 1.29 is 0 Å². The second kappa shape index (κ2) is 12.5. The molecule has 0 rings (SSSR count). The Morgan fingerprint density at radius 2 is 1.10 bits per heavy atom. The standard InChI is InChI=1S/C20H40/c1-6-7-8-9-10-11-12-13-14-15-16-17-18-19(2)20(3,4)5/h18H,6-17H2,1-5H3. The molecule has 0 atom stereocenters. The lowest BCUT2D eigenvalue weighted by Crippen LogP contribution is -2.06. The Labute approximate surface area is 129 Å². The van der Waals surface area contributed by atoms with E-state index in [1.54, 1.807) is 5.57 Å². The summed E-state index contributed by atoms with van der Waals surface area (Å²) in [6.45, 7) is 11.5. The summed E-state index contributed by atoms with van der Waals surface area (Å²) in [4.78, 5) is 0. The fraction of sp³-hybridized carbons (Fsp3) is 0.900. The van der Waals surface area contributed by atoms with Crippen molar-refractivity contribution in [1.29, 1.82) is 0 Å². The van der Waals surface area contributed by atoms with Gasteiger partial charge in [0.25, 0.3) is 0 Å². The van der Waals surface area contributed by atoms with Gasteiger partial charge in [-0.2, -0.15) is 0 Å². The lowest BCUT2D eigenvalue weighted by atomic mass is 9.87. The highest BCUT2D eigenvalue weighted by molar-refractivity contribution is 5.06. The molecule has 0 aliphatic heterocycles. The van der Waals surface area contributed by atoms with E-state index < -0.39 is 0 Å². The molecular formula is C20H40. The number of allylic oxidation sites excluding steroid dienone is 2. The second-order valence-electron chi connectivity index (χ2n) is 7.46. The molecule has 0 heteroatoms. The molecule has 0 aromatic heterocycles. The van der Waals surface area contributed by atoms with E-state index in [2.05, 4.69) is 40.7 Å². The van der Waals surface area contributed by atoms with Crippen molar-refractivity contribution in [1.82, 2.24) is 0 Å².